The van der Waals surface area contributed by atoms with Crippen LogP contribution in [0.5, 0.6) is 5.75 Å². The molecule has 3 unspecified atom stereocenters. The lowest BCUT2D eigenvalue weighted by atomic mass is 10.00. The van der Waals surface area contributed by atoms with Crippen molar-refractivity contribution in [2.45, 2.75) is 29.9 Å². The predicted octanol–water partition coefficient (Wildman–Crippen LogP) is 3.58. The van der Waals surface area contributed by atoms with Gasteiger partial charge in [-0.15, -0.1) is 0 Å². The number of hydrogen-bond donors (Lipinski definition) is 1. The van der Waals surface area contributed by atoms with Crippen molar-refractivity contribution in [3.63, 3.8) is 0 Å². The second-order valence-corrected chi connectivity index (χ2v) is 7.33. The monoisotopic (exact) mass is 297 g/mol. The van der Waals surface area contributed by atoms with E-state index in [0.29, 0.717) is 11.3 Å². The second-order valence-electron chi connectivity index (χ2n) is 4.70. The molecule has 19 heavy (non-hydrogen) atoms. The van der Waals surface area contributed by atoms with Crippen LogP contribution in [-0.2, 0) is 0 Å². The van der Waals surface area contributed by atoms with Crippen LogP contribution in [0.3, 0.4) is 0 Å². The molecule has 1 aromatic carbocycles. The number of rotatable bonds is 5. The molecule has 1 aromatic rings. The van der Waals surface area contributed by atoms with Gasteiger partial charge in [-0.1, -0.05) is 19.1 Å². The molecular weight excluding hydrogens is 274 g/mol. The van der Waals surface area contributed by atoms with E-state index in [1.54, 1.807) is 7.11 Å². The molecule has 4 heteroatoms. The maximum absolute atomic E-state index is 5.35. The lowest BCUT2D eigenvalue weighted by Gasteiger charge is -2.36. The fourth-order valence-electron chi connectivity index (χ4n) is 2.60. The molecule has 0 amide bonds. The van der Waals surface area contributed by atoms with Crippen molar-refractivity contribution in [2.75, 3.05) is 25.7 Å². The Labute approximate surface area is 125 Å². The standard InChI is InChI=1S/C15H23NOS2/c1-4-13-15(19-9-8-18-13)14(16-2)11-6-5-7-12(10-11)17-3/h5-7,10,13-16H,4,8-9H2,1-3H3. The Morgan fingerprint density at radius 2 is 2.16 bits per heavy atom. The van der Waals surface area contributed by atoms with Crippen LogP contribution in [0.1, 0.15) is 24.9 Å². The quantitative estimate of drug-likeness (QED) is 0.896. The van der Waals surface area contributed by atoms with E-state index in [1.807, 2.05) is 6.07 Å². The van der Waals surface area contributed by atoms with Crippen molar-refractivity contribution in [1.82, 2.24) is 5.32 Å². The summed E-state index contributed by atoms with van der Waals surface area (Å²) in [5, 5.41) is 4.89. The molecular formula is C15H23NOS2. The molecule has 3 atom stereocenters. The average molecular weight is 297 g/mol. The molecule has 2 nitrogen and oxygen atoms in total. The molecule has 0 bridgehead atoms. The molecule has 0 radical (unpaired) electrons. The second kappa shape index (κ2) is 7.46. The zero-order valence-electron chi connectivity index (χ0n) is 11.9. The lowest BCUT2D eigenvalue weighted by Crippen LogP contribution is -2.37. The minimum atomic E-state index is 0.401. The normalized spacial score (nSPS) is 25.0. The van der Waals surface area contributed by atoms with Crippen LogP contribution in [0.4, 0.5) is 0 Å². The smallest absolute Gasteiger partial charge is 0.119 e. The van der Waals surface area contributed by atoms with Gasteiger partial charge in [-0.05, 0) is 31.2 Å². The van der Waals surface area contributed by atoms with E-state index in [4.69, 9.17) is 4.74 Å². The molecule has 1 aliphatic rings. The first-order valence-electron chi connectivity index (χ1n) is 6.84. The van der Waals surface area contributed by atoms with Crippen LogP contribution in [0.15, 0.2) is 24.3 Å². The van der Waals surface area contributed by atoms with E-state index in [1.165, 1.54) is 23.5 Å². The fourth-order valence-corrected chi connectivity index (χ4v) is 5.89. The van der Waals surface area contributed by atoms with Crippen molar-refractivity contribution >= 4 is 23.5 Å². The molecule has 0 aromatic heterocycles. The van der Waals surface area contributed by atoms with Gasteiger partial charge in [-0.2, -0.15) is 23.5 Å². The molecule has 2 rings (SSSR count). The molecule has 1 aliphatic heterocycles. The third-order valence-corrected chi connectivity index (χ3v) is 6.94. The highest BCUT2D eigenvalue weighted by Gasteiger charge is 2.32. The van der Waals surface area contributed by atoms with E-state index in [9.17, 15) is 0 Å². The van der Waals surface area contributed by atoms with Crippen molar-refractivity contribution in [1.29, 1.82) is 0 Å². The Balaban J connectivity index is 2.21. The number of benzene rings is 1. The molecule has 106 valence electrons. The lowest BCUT2D eigenvalue weighted by molar-refractivity contribution is 0.413. The van der Waals surface area contributed by atoms with Gasteiger partial charge in [0.1, 0.15) is 5.75 Å². The first-order valence-corrected chi connectivity index (χ1v) is 8.94. The van der Waals surface area contributed by atoms with Gasteiger partial charge in [-0.25, -0.2) is 0 Å². The Morgan fingerprint density at radius 3 is 2.84 bits per heavy atom. The van der Waals surface area contributed by atoms with Crippen LogP contribution in [0.2, 0.25) is 0 Å². The van der Waals surface area contributed by atoms with Crippen LogP contribution >= 0.6 is 23.5 Å². The Morgan fingerprint density at radius 1 is 1.37 bits per heavy atom. The predicted molar refractivity (Wildman–Crippen MR) is 87.6 cm³/mol. The average Bonchev–Trinajstić information content (AvgIpc) is 2.49. The van der Waals surface area contributed by atoms with Crippen LogP contribution in [-0.4, -0.2) is 36.2 Å². The van der Waals surface area contributed by atoms with E-state index < -0.39 is 0 Å². The number of nitrogens with one attached hydrogen (secondary N) is 1. The van der Waals surface area contributed by atoms with Crippen LogP contribution in [0.25, 0.3) is 0 Å². The minimum absolute atomic E-state index is 0.401. The molecule has 1 heterocycles. The van der Waals surface area contributed by atoms with Gasteiger partial charge in [0.25, 0.3) is 0 Å². The molecule has 0 spiro atoms. The number of ether oxygens (including phenoxy) is 1. The van der Waals surface area contributed by atoms with Crippen molar-refractivity contribution in [3.8, 4) is 5.75 Å². The van der Waals surface area contributed by atoms with Gasteiger partial charge >= 0.3 is 0 Å². The molecule has 1 fully saturated rings. The van der Waals surface area contributed by atoms with Crippen molar-refractivity contribution < 1.29 is 4.74 Å². The Kier molecular flexibility index (Phi) is 5.92. The van der Waals surface area contributed by atoms with Crippen molar-refractivity contribution in [2.24, 2.45) is 0 Å². The number of methoxy groups -OCH3 is 1. The van der Waals surface area contributed by atoms with E-state index >= 15 is 0 Å². The van der Waals surface area contributed by atoms with Crippen molar-refractivity contribution in [3.05, 3.63) is 29.8 Å². The first kappa shape index (κ1) is 15.1. The molecule has 0 saturated carbocycles. The largest absolute Gasteiger partial charge is 0.497 e. The summed E-state index contributed by atoms with van der Waals surface area (Å²) < 4.78 is 5.35. The zero-order chi connectivity index (χ0) is 13.7. The topological polar surface area (TPSA) is 21.3 Å². The third-order valence-electron chi connectivity index (χ3n) is 3.59. The molecule has 1 saturated heterocycles. The van der Waals surface area contributed by atoms with Gasteiger partial charge in [-0.3, -0.25) is 0 Å². The maximum atomic E-state index is 5.35. The summed E-state index contributed by atoms with van der Waals surface area (Å²) in [6.07, 6.45) is 1.24. The summed E-state index contributed by atoms with van der Waals surface area (Å²) in [4.78, 5) is 0. The summed E-state index contributed by atoms with van der Waals surface area (Å²) in [6, 6.07) is 8.86. The third kappa shape index (κ3) is 3.61. The maximum Gasteiger partial charge on any atom is 0.119 e. The van der Waals surface area contributed by atoms with Gasteiger partial charge < -0.3 is 10.1 Å². The van der Waals surface area contributed by atoms with Gasteiger partial charge in [0, 0.05) is 28.0 Å². The van der Waals surface area contributed by atoms with Crippen LogP contribution < -0.4 is 10.1 Å². The highest BCUT2D eigenvalue weighted by atomic mass is 32.2. The Bertz CT molecular complexity index is 399. The number of hydrogen-bond acceptors (Lipinski definition) is 4. The minimum Gasteiger partial charge on any atom is -0.497 e. The summed E-state index contributed by atoms with van der Waals surface area (Å²) in [5.74, 6) is 3.49. The summed E-state index contributed by atoms with van der Waals surface area (Å²) in [7, 11) is 3.80. The summed E-state index contributed by atoms with van der Waals surface area (Å²) >= 11 is 4.24. The van der Waals surface area contributed by atoms with Gasteiger partial charge in [0.2, 0.25) is 0 Å². The van der Waals surface area contributed by atoms with E-state index in [2.05, 4.69) is 61.0 Å². The van der Waals surface area contributed by atoms with E-state index in [0.717, 1.165) is 11.0 Å². The fraction of sp³-hybridized carbons (Fsp3) is 0.600. The Hall–Kier alpha value is -0.320. The first-order chi connectivity index (χ1) is 9.30. The van der Waals surface area contributed by atoms with Crippen LogP contribution in [0, 0.1) is 0 Å². The molecule has 0 aliphatic carbocycles. The van der Waals surface area contributed by atoms with E-state index in [-0.39, 0.29) is 0 Å². The molecule has 1 N–H and O–H groups in total. The van der Waals surface area contributed by atoms with Gasteiger partial charge in [0.05, 0.1) is 7.11 Å². The summed E-state index contributed by atoms with van der Waals surface area (Å²) in [6.45, 7) is 2.30. The SMILES string of the molecule is CCC1SCCSC1C(NC)c1cccc(OC)c1. The summed E-state index contributed by atoms with van der Waals surface area (Å²) in [5.41, 5.74) is 1.33. The highest BCUT2D eigenvalue weighted by molar-refractivity contribution is 8.07. The number of thioether (sulfide) groups is 2. The highest BCUT2D eigenvalue weighted by Crippen LogP contribution is 2.40. The van der Waals surface area contributed by atoms with Gasteiger partial charge in [0.15, 0.2) is 0 Å². The zero-order valence-corrected chi connectivity index (χ0v) is 13.5.